The van der Waals surface area contributed by atoms with Crippen LogP contribution in [0.25, 0.3) is 22.0 Å². The maximum absolute atomic E-state index is 13.6. The molecule has 0 saturated heterocycles. The Hall–Kier alpha value is -4.42. The van der Waals surface area contributed by atoms with Crippen LogP contribution in [0.5, 0.6) is 11.9 Å². The van der Waals surface area contributed by atoms with Gasteiger partial charge in [0, 0.05) is 42.1 Å². The van der Waals surface area contributed by atoms with Crippen LogP contribution in [0, 0.1) is 0 Å². The highest BCUT2D eigenvalue weighted by Gasteiger charge is 2.31. The summed E-state index contributed by atoms with van der Waals surface area (Å²) in [5.74, 6) is 1.29. The van der Waals surface area contributed by atoms with E-state index in [2.05, 4.69) is 53.8 Å². The minimum absolute atomic E-state index is 0.0623. The van der Waals surface area contributed by atoms with E-state index in [9.17, 15) is 8.42 Å². The molecule has 0 atom stereocenters. The van der Waals surface area contributed by atoms with Crippen LogP contribution in [0.4, 0.5) is 11.4 Å². The van der Waals surface area contributed by atoms with Gasteiger partial charge in [0.15, 0.2) is 5.84 Å². The molecule has 2 aromatic heterocycles. The van der Waals surface area contributed by atoms with Crippen molar-refractivity contribution in [2.24, 2.45) is 9.98 Å². The maximum Gasteiger partial charge on any atom is 0.319 e. The predicted octanol–water partition coefficient (Wildman–Crippen LogP) is 5.63. The van der Waals surface area contributed by atoms with Gasteiger partial charge in [-0.15, -0.1) is 0 Å². The lowest BCUT2D eigenvalue weighted by atomic mass is 9.94. The van der Waals surface area contributed by atoms with E-state index >= 15 is 0 Å². The molecule has 2 aromatic carbocycles. The van der Waals surface area contributed by atoms with Crippen LogP contribution in [-0.2, 0) is 10.0 Å². The summed E-state index contributed by atoms with van der Waals surface area (Å²) in [5, 5.41) is 4.12. The lowest BCUT2D eigenvalue weighted by molar-refractivity contribution is 0.353. The molecule has 2 N–H and O–H groups in total. The SMILES string of the molecule is C=NC(=NC)c1cc(Nc2c(S(=O)(=O)NC3CC3)cnc3cc(-c4cnc(OC)nc4OC)ccc23)cc(C2CCCC2)c1. The number of hydrogen-bond acceptors (Lipinski definition) is 9. The molecule has 6 rings (SSSR count). The normalized spacial score (nSPS) is 15.8. The van der Waals surface area contributed by atoms with Crippen molar-refractivity contribution in [1.82, 2.24) is 19.7 Å². The number of benzene rings is 2. The number of ether oxygens (including phenoxy) is 2. The summed E-state index contributed by atoms with van der Waals surface area (Å²) in [6.45, 7) is 3.70. The Balaban J connectivity index is 1.50. The molecule has 2 fully saturated rings. The van der Waals surface area contributed by atoms with Crippen molar-refractivity contribution < 1.29 is 17.9 Å². The molecular weight excluding hydrogens is 578 g/mol. The highest BCUT2D eigenvalue weighted by molar-refractivity contribution is 7.89. The van der Waals surface area contributed by atoms with E-state index in [-0.39, 0.29) is 16.9 Å². The van der Waals surface area contributed by atoms with Crippen molar-refractivity contribution >= 4 is 44.9 Å². The number of rotatable bonds is 10. The lowest BCUT2D eigenvalue weighted by Crippen LogP contribution is -2.26. The average Bonchev–Trinajstić information content (AvgIpc) is 3.66. The number of anilines is 2. The van der Waals surface area contributed by atoms with Crippen LogP contribution in [-0.4, -0.2) is 63.2 Å². The molecule has 2 aliphatic rings. The minimum atomic E-state index is -3.86. The zero-order chi connectivity index (χ0) is 30.8. The number of aromatic nitrogens is 3. The molecule has 44 heavy (non-hydrogen) atoms. The van der Waals surface area contributed by atoms with Crippen LogP contribution >= 0.6 is 0 Å². The largest absolute Gasteiger partial charge is 0.480 e. The number of methoxy groups -OCH3 is 2. The van der Waals surface area contributed by atoms with Crippen molar-refractivity contribution in [3.8, 4) is 23.0 Å². The Labute approximate surface area is 256 Å². The molecule has 4 aromatic rings. The third-order valence-electron chi connectivity index (χ3n) is 8.11. The fourth-order valence-corrected chi connectivity index (χ4v) is 7.17. The second kappa shape index (κ2) is 12.3. The summed E-state index contributed by atoms with van der Waals surface area (Å²) >= 11 is 0. The van der Waals surface area contributed by atoms with Gasteiger partial charge in [-0.1, -0.05) is 25.0 Å². The van der Waals surface area contributed by atoms with Gasteiger partial charge in [-0.3, -0.25) is 9.98 Å². The lowest BCUT2D eigenvalue weighted by Gasteiger charge is -2.19. The molecular formula is C32H35N7O4S. The molecule has 2 saturated carbocycles. The molecule has 0 aliphatic heterocycles. The van der Waals surface area contributed by atoms with Gasteiger partial charge in [0.25, 0.3) is 0 Å². The van der Waals surface area contributed by atoms with Gasteiger partial charge >= 0.3 is 6.01 Å². The summed E-state index contributed by atoms with van der Waals surface area (Å²) < 4.78 is 40.7. The van der Waals surface area contributed by atoms with Gasteiger partial charge in [0.05, 0.1) is 31.0 Å². The van der Waals surface area contributed by atoms with Crippen LogP contribution in [0.2, 0.25) is 0 Å². The van der Waals surface area contributed by atoms with Crippen molar-refractivity contribution in [3.63, 3.8) is 0 Å². The minimum Gasteiger partial charge on any atom is -0.480 e. The number of amidine groups is 1. The monoisotopic (exact) mass is 613 g/mol. The smallest absolute Gasteiger partial charge is 0.319 e. The fourth-order valence-electron chi connectivity index (χ4n) is 5.75. The third kappa shape index (κ3) is 6.00. The second-order valence-corrected chi connectivity index (χ2v) is 12.7. The first-order chi connectivity index (χ1) is 21.3. The van der Waals surface area contributed by atoms with Crippen LogP contribution < -0.4 is 19.5 Å². The Morgan fingerprint density at radius 2 is 1.80 bits per heavy atom. The van der Waals surface area contributed by atoms with Gasteiger partial charge in [-0.2, -0.15) is 4.98 Å². The van der Waals surface area contributed by atoms with Gasteiger partial charge in [-0.05, 0) is 73.7 Å². The van der Waals surface area contributed by atoms with E-state index in [0.717, 1.165) is 42.5 Å². The standard InChI is InChI=1S/C32H35N7O4S/c1-33-30(34-2)22-13-21(19-7-5-6-8-19)14-24(15-22)37-29-25-12-9-20(26-17-36-32(43-4)38-31(26)42-3)16-27(25)35-18-28(29)44(40,41)39-23-10-11-23/h9,12-19,23,39H,1,5-8,10-11H2,2-4H3,(H,35,37). The number of pyridine rings is 1. The highest BCUT2D eigenvalue weighted by atomic mass is 32.2. The Morgan fingerprint density at radius 3 is 2.48 bits per heavy atom. The van der Waals surface area contributed by atoms with Gasteiger partial charge < -0.3 is 14.8 Å². The predicted molar refractivity (Wildman–Crippen MR) is 172 cm³/mol. The van der Waals surface area contributed by atoms with Crippen molar-refractivity contribution in [3.05, 3.63) is 59.9 Å². The Kier molecular flexibility index (Phi) is 8.28. The first-order valence-corrected chi connectivity index (χ1v) is 16.1. The second-order valence-electron chi connectivity index (χ2n) is 11.1. The van der Waals surface area contributed by atoms with E-state index in [1.165, 1.54) is 38.8 Å². The quantitative estimate of drug-likeness (QED) is 0.173. The number of hydrogen-bond donors (Lipinski definition) is 2. The van der Waals surface area contributed by atoms with Crippen LogP contribution in [0.3, 0.4) is 0 Å². The number of nitrogens with one attached hydrogen (secondary N) is 2. The van der Waals surface area contributed by atoms with Crippen LogP contribution in [0.1, 0.15) is 55.6 Å². The average molecular weight is 614 g/mol. The zero-order valence-electron chi connectivity index (χ0n) is 25.0. The highest BCUT2D eigenvalue weighted by Crippen LogP contribution is 2.39. The summed E-state index contributed by atoms with van der Waals surface area (Å²) in [6, 6.07) is 11.9. The van der Waals surface area contributed by atoms with E-state index in [0.29, 0.717) is 39.8 Å². The molecule has 228 valence electrons. The number of nitrogens with zero attached hydrogens (tertiary/aromatic N) is 5. The van der Waals surface area contributed by atoms with E-state index in [4.69, 9.17) is 9.47 Å². The molecule has 0 bridgehead atoms. The van der Waals surface area contributed by atoms with Crippen molar-refractivity contribution in [2.75, 3.05) is 26.6 Å². The topological polar surface area (TPSA) is 140 Å². The van der Waals surface area contributed by atoms with Crippen molar-refractivity contribution in [2.45, 2.75) is 55.4 Å². The van der Waals surface area contributed by atoms with Crippen LogP contribution in [0.15, 0.2) is 63.7 Å². The first kappa shape index (κ1) is 29.6. The van der Waals surface area contributed by atoms with Gasteiger partial charge in [0.2, 0.25) is 15.9 Å². The fraction of sp³-hybridized carbons (Fsp3) is 0.344. The van der Waals surface area contributed by atoms with E-state index < -0.39 is 10.0 Å². The summed E-state index contributed by atoms with van der Waals surface area (Å²) in [4.78, 5) is 21.7. The number of aliphatic imine (C=N–C) groups is 2. The zero-order valence-corrected chi connectivity index (χ0v) is 25.8. The summed E-state index contributed by atoms with van der Waals surface area (Å²) in [6.07, 6.45) is 9.25. The molecule has 12 heteroatoms. The molecule has 2 heterocycles. The molecule has 11 nitrogen and oxygen atoms in total. The molecule has 0 radical (unpaired) electrons. The molecule has 2 aliphatic carbocycles. The summed E-state index contributed by atoms with van der Waals surface area (Å²) in [7, 11) is 0.840. The summed E-state index contributed by atoms with van der Waals surface area (Å²) in [5.41, 5.74) is 5.15. The number of sulfonamides is 1. The van der Waals surface area contributed by atoms with Gasteiger partial charge in [0.1, 0.15) is 4.90 Å². The third-order valence-corrected chi connectivity index (χ3v) is 9.64. The number of fused-ring (bicyclic) bond motifs is 1. The van der Waals surface area contributed by atoms with E-state index in [1.54, 1.807) is 13.2 Å². The van der Waals surface area contributed by atoms with Crippen molar-refractivity contribution in [1.29, 1.82) is 0 Å². The van der Waals surface area contributed by atoms with E-state index in [1.807, 2.05) is 24.3 Å². The molecule has 0 amide bonds. The Morgan fingerprint density at radius 1 is 1.00 bits per heavy atom. The Bertz CT molecular complexity index is 1870. The first-order valence-electron chi connectivity index (χ1n) is 14.6. The maximum atomic E-state index is 13.6. The van der Waals surface area contributed by atoms with Gasteiger partial charge in [-0.25, -0.2) is 23.1 Å². The molecule has 0 unspecified atom stereocenters. The molecule has 0 spiro atoms.